The molecule has 2 aromatic carbocycles. The number of anilines is 1. The van der Waals surface area contributed by atoms with Crippen LogP contribution in [0.1, 0.15) is 23.7 Å². The summed E-state index contributed by atoms with van der Waals surface area (Å²) in [6.45, 7) is 2.73. The first-order chi connectivity index (χ1) is 12.2. The third kappa shape index (κ3) is 2.82. The van der Waals surface area contributed by atoms with Gasteiger partial charge >= 0.3 is 0 Å². The van der Waals surface area contributed by atoms with Gasteiger partial charge in [-0.05, 0) is 35.4 Å². The van der Waals surface area contributed by atoms with Crippen LogP contribution in [0.3, 0.4) is 0 Å². The van der Waals surface area contributed by atoms with Crippen molar-refractivity contribution in [3.63, 3.8) is 0 Å². The van der Waals surface area contributed by atoms with Crippen LogP contribution >= 0.6 is 11.8 Å². The van der Waals surface area contributed by atoms with Crippen LogP contribution < -0.4 is 5.32 Å². The topological polar surface area (TPSA) is 49.4 Å². The van der Waals surface area contributed by atoms with E-state index < -0.39 is 0 Å². The Labute approximate surface area is 151 Å². The van der Waals surface area contributed by atoms with E-state index >= 15 is 0 Å². The quantitative estimate of drug-likeness (QED) is 0.917. The van der Waals surface area contributed by atoms with Crippen molar-refractivity contribution in [3.8, 4) is 11.1 Å². The fraction of sp³-hybridized carbons (Fsp3) is 0.300. The van der Waals surface area contributed by atoms with Gasteiger partial charge in [0.25, 0.3) is 5.91 Å². The number of nitrogens with one attached hydrogen (secondary N) is 1. The predicted octanol–water partition coefficient (Wildman–Crippen LogP) is 3.64. The highest BCUT2D eigenvalue weighted by atomic mass is 32.2. The summed E-state index contributed by atoms with van der Waals surface area (Å²) in [5, 5.41) is 3.15. The van der Waals surface area contributed by atoms with Crippen LogP contribution in [0.5, 0.6) is 0 Å². The molecule has 0 radical (unpaired) electrons. The zero-order valence-corrected chi connectivity index (χ0v) is 14.9. The SMILES string of the molecule is CCS[C@H]1CCN2C(=O)c3cc(-c4ccccc4)ccc3NC(=O)[C@H]12. The number of fused-ring (bicyclic) bond motifs is 2. The minimum Gasteiger partial charge on any atom is -0.325 e. The van der Waals surface area contributed by atoms with Crippen molar-refractivity contribution in [2.45, 2.75) is 24.6 Å². The van der Waals surface area contributed by atoms with Gasteiger partial charge in [-0.2, -0.15) is 11.8 Å². The molecule has 0 unspecified atom stereocenters. The molecule has 2 amide bonds. The molecule has 2 aromatic rings. The van der Waals surface area contributed by atoms with Gasteiger partial charge < -0.3 is 10.2 Å². The molecule has 2 atom stereocenters. The van der Waals surface area contributed by atoms with Crippen molar-refractivity contribution in [1.29, 1.82) is 0 Å². The molecule has 5 heteroatoms. The monoisotopic (exact) mass is 352 g/mol. The second-order valence-corrected chi connectivity index (χ2v) is 7.86. The molecule has 2 heterocycles. The van der Waals surface area contributed by atoms with Crippen LogP contribution in [-0.4, -0.2) is 40.3 Å². The predicted molar refractivity (Wildman–Crippen MR) is 102 cm³/mol. The molecule has 0 spiro atoms. The van der Waals surface area contributed by atoms with E-state index in [-0.39, 0.29) is 23.1 Å². The van der Waals surface area contributed by atoms with E-state index in [1.54, 1.807) is 16.7 Å². The Balaban J connectivity index is 1.74. The highest BCUT2D eigenvalue weighted by molar-refractivity contribution is 7.99. The Morgan fingerprint density at radius 2 is 1.92 bits per heavy atom. The molecule has 0 saturated carbocycles. The zero-order valence-electron chi connectivity index (χ0n) is 14.1. The van der Waals surface area contributed by atoms with Crippen molar-refractivity contribution in [1.82, 2.24) is 4.90 Å². The molecular formula is C20H20N2O2S. The zero-order chi connectivity index (χ0) is 17.4. The van der Waals surface area contributed by atoms with Crippen molar-refractivity contribution in [2.24, 2.45) is 0 Å². The lowest BCUT2D eigenvalue weighted by Gasteiger charge is -2.23. The summed E-state index contributed by atoms with van der Waals surface area (Å²) in [5.74, 6) is 0.833. The molecule has 1 fully saturated rings. The Morgan fingerprint density at radius 3 is 2.68 bits per heavy atom. The Hall–Kier alpha value is -2.27. The van der Waals surface area contributed by atoms with Gasteiger partial charge in [0, 0.05) is 11.8 Å². The van der Waals surface area contributed by atoms with Gasteiger partial charge in [0.15, 0.2) is 0 Å². The van der Waals surface area contributed by atoms with E-state index in [9.17, 15) is 9.59 Å². The average Bonchev–Trinajstić information content (AvgIpc) is 3.02. The van der Waals surface area contributed by atoms with E-state index in [0.717, 1.165) is 23.3 Å². The minimum absolute atomic E-state index is 0.0460. The second-order valence-electron chi connectivity index (χ2n) is 6.34. The van der Waals surface area contributed by atoms with Gasteiger partial charge in [-0.15, -0.1) is 0 Å². The van der Waals surface area contributed by atoms with Gasteiger partial charge in [-0.25, -0.2) is 0 Å². The number of hydrogen-bond donors (Lipinski definition) is 1. The van der Waals surface area contributed by atoms with Crippen molar-refractivity contribution < 1.29 is 9.59 Å². The number of thioether (sulfide) groups is 1. The van der Waals surface area contributed by atoms with E-state index in [1.165, 1.54) is 0 Å². The lowest BCUT2D eigenvalue weighted by Crippen LogP contribution is -2.44. The van der Waals surface area contributed by atoms with Crippen molar-refractivity contribution in [2.75, 3.05) is 17.6 Å². The van der Waals surface area contributed by atoms with Crippen LogP contribution in [0.15, 0.2) is 48.5 Å². The van der Waals surface area contributed by atoms with Gasteiger partial charge in [-0.1, -0.05) is 43.3 Å². The van der Waals surface area contributed by atoms with Crippen LogP contribution in [0, 0.1) is 0 Å². The van der Waals surface area contributed by atoms with Gasteiger partial charge in [0.1, 0.15) is 6.04 Å². The maximum absolute atomic E-state index is 13.1. The molecule has 2 aliphatic rings. The smallest absolute Gasteiger partial charge is 0.256 e. The number of nitrogens with zero attached hydrogens (tertiary/aromatic N) is 1. The standard InChI is InChI=1S/C20H20N2O2S/c1-2-25-17-10-11-22-18(17)19(23)21-16-9-8-14(12-15(16)20(22)24)13-6-4-3-5-7-13/h3-9,12,17-18H,2,10-11H2,1H3,(H,21,23)/t17-,18-/m0/s1. The minimum atomic E-state index is -0.370. The summed E-state index contributed by atoms with van der Waals surface area (Å²) in [6.07, 6.45) is 0.871. The summed E-state index contributed by atoms with van der Waals surface area (Å²) in [4.78, 5) is 27.6. The molecule has 25 heavy (non-hydrogen) atoms. The summed E-state index contributed by atoms with van der Waals surface area (Å²) < 4.78 is 0. The molecule has 0 aliphatic carbocycles. The van der Waals surface area contributed by atoms with E-state index in [1.807, 2.05) is 48.5 Å². The number of hydrogen-bond acceptors (Lipinski definition) is 3. The fourth-order valence-corrected chi connectivity index (χ4v) is 4.85. The number of amides is 2. The van der Waals surface area contributed by atoms with Crippen LogP contribution in [0.25, 0.3) is 11.1 Å². The van der Waals surface area contributed by atoms with Crippen molar-refractivity contribution in [3.05, 3.63) is 54.1 Å². The second kappa shape index (κ2) is 6.56. The highest BCUT2D eigenvalue weighted by Crippen LogP contribution is 2.35. The van der Waals surface area contributed by atoms with Crippen LogP contribution in [-0.2, 0) is 4.79 Å². The van der Waals surface area contributed by atoms with E-state index in [4.69, 9.17) is 0 Å². The Morgan fingerprint density at radius 1 is 1.12 bits per heavy atom. The summed E-state index contributed by atoms with van der Waals surface area (Å²) in [7, 11) is 0. The first kappa shape index (κ1) is 16.2. The Kier molecular flexibility index (Phi) is 4.25. The first-order valence-electron chi connectivity index (χ1n) is 8.62. The van der Waals surface area contributed by atoms with Gasteiger partial charge in [0.05, 0.1) is 11.3 Å². The number of rotatable bonds is 3. The normalized spacial score (nSPS) is 22.2. The first-order valence-corrected chi connectivity index (χ1v) is 9.67. The summed E-state index contributed by atoms with van der Waals surface area (Å²) >= 11 is 1.76. The third-order valence-electron chi connectivity index (χ3n) is 4.87. The fourth-order valence-electron chi connectivity index (χ4n) is 3.69. The molecule has 0 aromatic heterocycles. The van der Waals surface area contributed by atoms with Crippen LogP contribution in [0.2, 0.25) is 0 Å². The molecular weight excluding hydrogens is 332 g/mol. The summed E-state index contributed by atoms with van der Waals surface area (Å²) in [6, 6.07) is 15.3. The average molecular weight is 352 g/mol. The Bertz CT molecular complexity index is 822. The lowest BCUT2D eigenvalue weighted by atomic mass is 10.0. The highest BCUT2D eigenvalue weighted by Gasteiger charge is 2.44. The molecule has 1 N–H and O–H groups in total. The molecule has 4 rings (SSSR count). The lowest BCUT2D eigenvalue weighted by molar-refractivity contribution is -0.119. The van der Waals surface area contributed by atoms with E-state index in [0.29, 0.717) is 17.8 Å². The van der Waals surface area contributed by atoms with E-state index in [2.05, 4.69) is 12.2 Å². The molecule has 4 nitrogen and oxygen atoms in total. The molecule has 0 bridgehead atoms. The number of carbonyl (C=O) groups excluding carboxylic acids is 2. The number of benzene rings is 2. The molecule has 128 valence electrons. The maximum Gasteiger partial charge on any atom is 0.256 e. The van der Waals surface area contributed by atoms with Crippen LogP contribution in [0.4, 0.5) is 5.69 Å². The largest absolute Gasteiger partial charge is 0.325 e. The number of carbonyl (C=O) groups is 2. The van der Waals surface area contributed by atoms with Crippen molar-refractivity contribution >= 4 is 29.3 Å². The third-order valence-corrected chi connectivity index (χ3v) is 6.12. The molecule has 2 aliphatic heterocycles. The maximum atomic E-state index is 13.1. The summed E-state index contributed by atoms with van der Waals surface area (Å²) in [5.41, 5.74) is 3.24. The molecule has 1 saturated heterocycles. The van der Waals surface area contributed by atoms with Gasteiger partial charge in [0.2, 0.25) is 5.91 Å². The van der Waals surface area contributed by atoms with Gasteiger partial charge in [-0.3, -0.25) is 9.59 Å².